The van der Waals surface area contributed by atoms with Crippen LogP contribution in [0, 0.1) is 0 Å². The van der Waals surface area contributed by atoms with Crippen molar-refractivity contribution in [1.29, 1.82) is 0 Å². The second-order valence-corrected chi connectivity index (χ2v) is 4.12. The fourth-order valence-electron chi connectivity index (χ4n) is 1.68. The minimum Gasteiger partial charge on any atom is -0.347 e. The number of hydrogen-bond acceptors (Lipinski definition) is 2. The highest BCUT2D eigenvalue weighted by molar-refractivity contribution is 5.75. The van der Waals surface area contributed by atoms with Crippen molar-refractivity contribution in [3.05, 3.63) is 30.3 Å². The van der Waals surface area contributed by atoms with Gasteiger partial charge in [0.2, 0.25) is 0 Å². The molecule has 0 spiro atoms. The summed E-state index contributed by atoms with van der Waals surface area (Å²) in [5.74, 6) is 0. The first-order valence-corrected chi connectivity index (χ1v) is 6.31. The van der Waals surface area contributed by atoms with E-state index in [1.807, 2.05) is 30.3 Å². The maximum Gasteiger partial charge on any atom is 0.0871 e. The highest BCUT2D eigenvalue weighted by Gasteiger charge is 2.03. The fourth-order valence-corrected chi connectivity index (χ4v) is 1.68. The van der Waals surface area contributed by atoms with Crippen LogP contribution in [-0.4, -0.2) is 36.9 Å². The van der Waals surface area contributed by atoms with E-state index in [9.17, 15) is 0 Å². The zero-order valence-corrected chi connectivity index (χ0v) is 11.1. The molecule has 0 saturated heterocycles. The molecule has 94 valence electrons. The van der Waals surface area contributed by atoms with Gasteiger partial charge in [0.05, 0.1) is 12.4 Å². The molecule has 1 rings (SSSR count). The molecule has 0 aliphatic rings. The summed E-state index contributed by atoms with van der Waals surface area (Å²) < 4.78 is 0. The molecule has 1 N–H and O–H groups in total. The quantitative estimate of drug-likeness (QED) is 0.579. The summed E-state index contributed by atoms with van der Waals surface area (Å²) in [4.78, 5) is 6.86. The summed E-state index contributed by atoms with van der Waals surface area (Å²) in [5.41, 5.74) is 1.08. The van der Waals surface area contributed by atoms with Crippen LogP contribution in [0.4, 0.5) is 5.69 Å². The molecule has 1 unspecified atom stereocenters. The van der Waals surface area contributed by atoms with Crippen molar-refractivity contribution in [2.75, 3.05) is 25.0 Å². The van der Waals surface area contributed by atoms with E-state index in [0.717, 1.165) is 25.3 Å². The van der Waals surface area contributed by atoms with Gasteiger partial charge in [0, 0.05) is 12.2 Å². The van der Waals surface area contributed by atoms with E-state index in [1.54, 1.807) is 6.34 Å². The molecular weight excluding hydrogens is 210 g/mol. The average Bonchev–Trinajstić information content (AvgIpc) is 2.37. The van der Waals surface area contributed by atoms with Gasteiger partial charge in [0.25, 0.3) is 0 Å². The summed E-state index contributed by atoms with van der Waals surface area (Å²) in [5, 5.41) is 3.17. The van der Waals surface area contributed by atoms with Gasteiger partial charge in [-0.1, -0.05) is 32.0 Å². The minimum atomic E-state index is 0.325. The molecule has 1 aromatic carbocycles. The Bertz CT molecular complexity index is 317. The lowest BCUT2D eigenvalue weighted by atomic mass is 10.3. The van der Waals surface area contributed by atoms with Crippen molar-refractivity contribution in [2.45, 2.75) is 26.8 Å². The molecule has 0 saturated carbocycles. The monoisotopic (exact) mass is 233 g/mol. The zero-order valence-electron chi connectivity index (χ0n) is 11.1. The van der Waals surface area contributed by atoms with E-state index in [-0.39, 0.29) is 0 Å². The smallest absolute Gasteiger partial charge is 0.0871 e. The first-order valence-electron chi connectivity index (χ1n) is 6.31. The Morgan fingerprint density at radius 2 is 1.88 bits per heavy atom. The standard InChI is InChI=1S/C14H23N3/c1-4-17(5-2)11-13(3)15-12-16-14-9-7-6-8-10-14/h6-10,12-13H,4-5,11H2,1-3H3,(H,15,16). The van der Waals surface area contributed by atoms with Crippen molar-refractivity contribution in [3.63, 3.8) is 0 Å². The van der Waals surface area contributed by atoms with Crippen LogP contribution < -0.4 is 5.32 Å². The number of likely N-dealkylation sites (N-methyl/N-ethyl adjacent to an activating group) is 1. The summed E-state index contributed by atoms with van der Waals surface area (Å²) in [6, 6.07) is 10.4. The third-order valence-electron chi connectivity index (χ3n) is 2.75. The van der Waals surface area contributed by atoms with E-state index in [4.69, 9.17) is 0 Å². The Morgan fingerprint density at radius 3 is 2.47 bits per heavy atom. The zero-order chi connectivity index (χ0) is 12.5. The van der Waals surface area contributed by atoms with Gasteiger partial charge in [-0.3, -0.25) is 4.99 Å². The molecule has 3 heteroatoms. The Balaban J connectivity index is 2.33. The van der Waals surface area contributed by atoms with Gasteiger partial charge in [-0.25, -0.2) is 0 Å². The lowest BCUT2D eigenvalue weighted by Crippen LogP contribution is -2.30. The van der Waals surface area contributed by atoms with E-state index < -0.39 is 0 Å². The van der Waals surface area contributed by atoms with Crippen LogP contribution in [0.1, 0.15) is 20.8 Å². The predicted molar refractivity (Wildman–Crippen MR) is 75.8 cm³/mol. The maximum absolute atomic E-state index is 4.48. The number of benzene rings is 1. The predicted octanol–water partition coefficient (Wildman–Crippen LogP) is 2.86. The molecule has 17 heavy (non-hydrogen) atoms. The lowest BCUT2D eigenvalue weighted by molar-refractivity contribution is 0.290. The van der Waals surface area contributed by atoms with Gasteiger partial charge in [0.15, 0.2) is 0 Å². The number of anilines is 1. The highest BCUT2D eigenvalue weighted by atomic mass is 15.1. The van der Waals surface area contributed by atoms with Gasteiger partial charge in [-0.15, -0.1) is 0 Å². The second kappa shape index (κ2) is 7.85. The van der Waals surface area contributed by atoms with E-state index in [2.05, 4.69) is 36.0 Å². The van der Waals surface area contributed by atoms with Crippen LogP contribution in [-0.2, 0) is 0 Å². The van der Waals surface area contributed by atoms with Crippen LogP contribution >= 0.6 is 0 Å². The minimum absolute atomic E-state index is 0.325. The molecule has 0 bridgehead atoms. The fraction of sp³-hybridized carbons (Fsp3) is 0.500. The van der Waals surface area contributed by atoms with Gasteiger partial charge < -0.3 is 10.2 Å². The summed E-state index contributed by atoms with van der Waals surface area (Å²) >= 11 is 0. The second-order valence-electron chi connectivity index (χ2n) is 4.12. The summed E-state index contributed by atoms with van der Waals surface area (Å²) in [7, 11) is 0. The molecule has 0 amide bonds. The largest absolute Gasteiger partial charge is 0.347 e. The van der Waals surface area contributed by atoms with Crippen molar-refractivity contribution in [2.24, 2.45) is 4.99 Å². The molecule has 0 fully saturated rings. The van der Waals surface area contributed by atoms with Gasteiger partial charge in [-0.05, 0) is 32.1 Å². The van der Waals surface area contributed by atoms with E-state index >= 15 is 0 Å². The van der Waals surface area contributed by atoms with Gasteiger partial charge >= 0.3 is 0 Å². The van der Waals surface area contributed by atoms with E-state index in [0.29, 0.717) is 6.04 Å². The topological polar surface area (TPSA) is 27.6 Å². The van der Waals surface area contributed by atoms with Crippen LogP contribution in [0.25, 0.3) is 0 Å². The Labute approximate surface area is 105 Å². The molecule has 0 aromatic heterocycles. The number of para-hydroxylation sites is 1. The number of nitrogens with zero attached hydrogens (tertiary/aromatic N) is 2. The first kappa shape index (κ1) is 13.7. The molecule has 3 nitrogen and oxygen atoms in total. The molecule has 0 aliphatic heterocycles. The average molecular weight is 233 g/mol. The number of nitrogens with one attached hydrogen (secondary N) is 1. The Morgan fingerprint density at radius 1 is 1.24 bits per heavy atom. The van der Waals surface area contributed by atoms with Gasteiger partial charge in [-0.2, -0.15) is 0 Å². The van der Waals surface area contributed by atoms with Crippen LogP contribution in [0.5, 0.6) is 0 Å². The van der Waals surface area contributed by atoms with Crippen molar-refractivity contribution in [1.82, 2.24) is 4.90 Å². The molecule has 1 atom stereocenters. The van der Waals surface area contributed by atoms with Crippen LogP contribution in [0.2, 0.25) is 0 Å². The third kappa shape index (κ3) is 5.50. The third-order valence-corrected chi connectivity index (χ3v) is 2.75. The first-order chi connectivity index (χ1) is 8.26. The highest BCUT2D eigenvalue weighted by Crippen LogP contribution is 2.03. The summed E-state index contributed by atoms with van der Waals surface area (Å²) in [6.45, 7) is 9.69. The molecule has 1 aromatic rings. The van der Waals surface area contributed by atoms with Crippen molar-refractivity contribution >= 4 is 12.0 Å². The van der Waals surface area contributed by atoms with Crippen molar-refractivity contribution < 1.29 is 0 Å². The van der Waals surface area contributed by atoms with Crippen LogP contribution in [0.3, 0.4) is 0 Å². The summed E-state index contributed by atoms with van der Waals surface area (Å²) in [6.07, 6.45) is 1.80. The Kier molecular flexibility index (Phi) is 6.33. The maximum atomic E-state index is 4.48. The van der Waals surface area contributed by atoms with Crippen molar-refractivity contribution in [3.8, 4) is 0 Å². The molecular formula is C14H23N3. The number of hydrogen-bond donors (Lipinski definition) is 1. The van der Waals surface area contributed by atoms with Gasteiger partial charge in [0.1, 0.15) is 0 Å². The molecule has 0 heterocycles. The SMILES string of the molecule is CCN(CC)CC(C)/N=C/Nc1ccccc1. The molecule has 0 radical (unpaired) electrons. The Hall–Kier alpha value is -1.35. The normalized spacial score (nSPS) is 13.2. The van der Waals surface area contributed by atoms with Crippen LogP contribution in [0.15, 0.2) is 35.3 Å². The lowest BCUT2D eigenvalue weighted by Gasteiger charge is -2.20. The number of rotatable bonds is 7. The van der Waals surface area contributed by atoms with E-state index in [1.165, 1.54) is 0 Å². The number of aliphatic imine (C=N–C) groups is 1. The molecule has 0 aliphatic carbocycles.